The van der Waals surface area contributed by atoms with Crippen LogP contribution in [0.3, 0.4) is 0 Å². The Kier molecular flexibility index (Phi) is 2.56. The number of hydrogen-bond acceptors (Lipinski definition) is 4. The minimum Gasteiger partial charge on any atom is -0.393 e. The SMILES string of the molecule is OC1C2CC3CC1CC(CNc1ncccn1)(C3)C2. The van der Waals surface area contributed by atoms with Gasteiger partial charge in [0.05, 0.1) is 6.10 Å². The molecule has 4 bridgehead atoms. The van der Waals surface area contributed by atoms with Gasteiger partial charge >= 0.3 is 0 Å². The quantitative estimate of drug-likeness (QED) is 0.872. The fourth-order valence-electron chi connectivity index (χ4n) is 5.04. The Hall–Kier alpha value is -1.16. The summed E-state index contributed by atoms with van der Waals surface area (Å²) < 4.78 is 0. The molecule has 0 aliphatic heterocycles. The molecule has 4 fully saturated rings. The lowest BCUT2D eigenvalue weighted by Crippen LogP contribution is -2.55. The van der Waals surface area contributed by atoms with Crippen LogP contribution in [-0.4, -0.2) is 27.7 Å². The Balaban J connectivity index is 1.49. The van der Waals surface area contributed by atoms with E-state index in [9.17, 15) is 5.11 Å². The molecule has 0 saturated heterocycles. The maximum absolute atomic E-state index is 10.3. The highest BCUT2D eigenvalue weighted by molar-refractivity contribution is 5.23. The second kappa shape index (κ2) is 4.17. The molecule has 19 heavy (non-hydrogen) atoms. The Morgan fingerprint density at radius 1 is 1.16 bits per heavy atom. The first-order chi connectivity index (χ1) is 9.24. The molecule has 4 saturated carbocycles. The van der Waals surface area contributed by atoms with Crippen molar-refractivity contribution >= 4 is 5.95 Å². The summed E-state index contributed by atoms with van der Waals surface area (Å²) in [7, 11) is 0. The molecule has 4 nitrogen and oxygen atoms in total. The Morgan fingerprint density at radius 2 is 1.84 bits per heavy atom. The number of rotatable bonds is 3. The van der Waals surface area contributed by atoms with Gasteiger partial charge in [0.1, 0.15) is 0 Å². The van der Waals surface area contributed by atoms with Crippen LogP contribution < -0.4 is 5.32 Å². The predicted octanol–water partition coefficient (Wildman–Crippen LogP) is 2.08. The zero-order chi connectivity index (χ0) is 12.9. The zero-order valence-electron chi connectivity index (χ0n) is 11.1. The van der Waals surface area contributed by atoms with Crippen molar-refractivity contribution in [3.05, 3.63) is 18.5 Å². The van der Waals surface area contributed by atoms with Gasteiger partial charge in [-0.3, -0.25) is 0 Å². The molecule has 0 radical (unpaired) electrons. The normalized spacial score (nSPS) is 43.4. The van der Waals surface area contributed by atoms with E-state index in [1.165, 1.54) is 32.1 Å². The third-order valence-electron chi connectivity index (χ3n) is 5.54. The molecule has 1 aromatic rings. The predicted molar refractivity (Wildman–Crippen MR) is 72.5 cm³/mol. The van der Waals surface area contributed by atoms with Crippen molar-refractivity contribution in [1.82, 2.24) is 9.97 Å². The molecule has 2 N–H and O–H groups in total. The van der Waals surface area contributed by atoms with Crippen LogP contribution in [0.5, 0.6) is 0 Å². The lowest BCUT2D eigenvalue weighted by Gasteiger charge is -2.58. The summed E-state index contributed by atoms with van der Waals surface area (Å²) in [6.07, 6.45) is 9.71. The molecule has 4 aliphatic carbocycles. The second-order valence-corrected chi connectivity index (χ2v) is 6.89. The van der Waals surface area contributed by atoms with Crippen LogP contribution in [0.2, 0.25) is 0 Å². The Bertz CT molecular complexity index is 448. The van der Waals surface area contributed by atoms with Crippen molar-refractivity contribution in [3.63, 3.8) is 0 Å². The van der Waals surface area contributed by atoms with Gasteiger partial charge < -0.3 is 10.4 Å². The number of nitrogens with zero attached hydrogens (tertiary/aromatic N) is 2. The second-order valence-electron chi connectivity index (χ2n) is 6.89. The van der Waals surface area contributed by atoms with Gasteiger partial charge in [0.25, 0.3) is 0 Å². The summed E-state index contributed by atoms with van der Waals surface area (Å²) in [5.74, 6) is 2.67. The summed E-state index contributed by atoms with van der Waals surface area (Å²) in [5.41, 5.74) is 0.384. The summed E-state index contributed by atoms with van der Waals surface area (Å²) in [6, 6.07) is 1.84. The molecular weight excluding hydrogens is 238 g/mol. The van der Waals surface area contributed by atoms with Crippen molar-refractivity contribution in [2.24, 2.45) is 23.2 Å². The smallest absolute Gasteiger partial charge is 0.222 e. The molecule has 1 aromatic heterocycles. The topological polar surface area (TPSA) is 58.0 Å². The molecule has 102 valence electrons. The minimum atomic E-state index is -0.0300. The largest absolute Gasteiger partial charge is 0.393 e. The van der Waals surface area contributed by atoms with E-state index in [1.807, 2.05) is 6.07 Å². The first-order valence-corrected chi connectivity index (χ1v) is 7.43. The summed E-state index contributed by atoms with van der Waals surface area (Å²) >= 11 is 0. The highest BCUT2D eigenvalue weighted by Gasteiger charge is 2.54. The average molecular weight is 259 g/mol. The summed E-state index contributed by atoms with van der Waals surface area (Å²) in [4.78, 5) is 8.48. The highest BCUT2D eigenvalue weighted by atomic mass is 16.3. The van der Waals surface area contributed by atoms with E-state index < -0.39 is 0 Å². The van der Waals surface area contributed by atoms with Crippen LogP contribution in [0.25, 0.3) is 0 Å². The van der Waals surface area contributed by atoms with Gasteiger partial charge in [0, 0.05) is 18.9 Å². The Labute approximate surface area is 113 Å². The van der Waals surface area contributed by atoms with Gasteiger partial charge in [0.15, 0.2) is 0 Å². The molecule has 2 unspecified atom stereocenters. The molecule has 1 heterocycles. The first-order valence-electron chi connectivity index (χ1n) is 7.43. The number of nitrogens with one attached hydrogen (secondary N) is 1. The van der Waals surface area contributed by atoms with E-state index in [0.717, 1.165) is 18.4 Å². The first kappa shape index (κ1) is 11.6. The van der Waals surface area contributed by atoms with E-state index in [-0.39, 0.29) is 6.10 Å². The number of anilines is 1. The van der Waals surface area contributed by atoms with Crippen LogP contribution >= 0.6 is 0 Å². The fourth-order valence-corrected chi connectivity index (χ4v) is 5.04. The molecule has 4 heteroatoms. The minimum absolute atomic E-state index is 0.0300. The lowest BCUT2D eigenvalue weighted by atomic mass is 9.48. The molecule has 5 rings (SSSR count). The van der Waals surface area contributed by atoms with Gasteiger partial charge in [0.2, 0.25) is 5.95 Å². The lowest BCUT2D eigenvalue weighted by molar-refractivity contribution is -0.129. The van der Waals surface area contributed by atoms with Gasteiger partial charge in [-0.25, -0.2) is 9.97 Å². The average Bonchev–Trinajstić information content (AvgIpc) is 2.43. The molecular formula is C15H21N3O. The van der Waals surface area contributed by atoms with Crippen LogP contribution in [0, 0.1) is 23.2 Å². The molecule has 0 amide bonds. The van der Waals surface area contributed by atoms with E-state index in [0.29, 0.717) is 17.3 Å². The van der Waals surface area contributed by atoms with Gasteiger partial charge in [-0.15, -0.1) is 0 Å². The number of hydrogen-bond donors (Lipinski definition) is 2. The molecule has 2 atom stereocenters. The van der Waals surface area contributed by atoms with Crippen LogP contribution in [-0.2, 0) is 0 Å². The van der Waals surface area contributed by atoms with Gasteiger partial charge in [-0.1, -0.05) is 0 Å². The van der Waals surface area contributed by atoms with E-state index in [2.05, 4.69) is 15.3 Å². The van der Waals surface area contributed by atoms with Crippen molar-refractivity contribution in [2.45, 2.75) is 38.2 Å². The standard InChI is InChI=1S/C15H21N3O/c19-13-11-4-10-5-12(13)8-15(6-10,7-11)9-18-14-16-2-1-3-17-14/h1-3,10-13,19H,4-9H2,(H,16,17,18). The highest BCUT2D eigenvalue weighted by Crippen LogP contribution is 2.59. The van der Waals surface area contributed by atoms with Crippen LogP contribution in [0.15, 0.2) is 18.5 Å². The molecule has 0 aromatic carbocycles. The van der Waals surface area contributed by atoms with Crippen molar-refractivity contribution in [3.8, 4) is 0 Å². The number of aromatic nitrogens is 2. The van der Waals surface area contributed by atoms with Crippen LogP contribution in [0.1, 0.15) is 32.1 Å². The maximum Gasteiger partial charge on any atom is 0.222 e. The Morgan fingerprint density at radius 3 is 2.53 bits per heavy atom. The molecule has 4 aliphatic rings. The fraction of sp³-hybridized carbons (Fsp3) is 0.733. The number of aliphatic hydroxyl groups is 1. The van der Waals surface area contributed by atoms with Gasteiger partial charge in [-0.2, -0.15) is 0 Å². The van der Waals surface area contributed by atoms with Crippen molar-refractivity contribution < 1.29 is 5.11 Å². The summed E-state index contributed by atoms with van der Waals surface area (Å²) in [6.45, 7) is 0.966. The maximum atomic E-state index is 10.3. The number of aliphatic hydroxyl groups excluding tert-OH is 1. The van der Waals surface area contributed by atoms with E-state index in [1.54, 1.807) is 12.4 Å². The van der Waals surface area contributed by atoms with Crippen molar-refractivity contribution in [2.75, 3.05) is 11.9 Å². The van der Waals surface area contributed by atoms with E-state index in [4.69, 9.17) is 0 Å². The van der Waals surface area contributed by atoms with Gasteiger partial charge in [-0.05, 0) is 61.3 Å². The third-order valence-corrected chi connectivity index (χ3v) is 5.54. The molecule has 0 spiro atoms. The summed E-state index contributed by atoms with van der Waals surface area (Å²) in [5, 5.41) is 13.7. The zero-order valence-corrected chi connectivity index (χ0v) is 11.1. The van der Waals surface area contributed by atoms with Crippen molar-refractivity contribution in [1.29, 1.82) is 0 Å². The van der Waals surface area contributed by atoms with Crippen LogP contribution in [0.4, 0.5) is 5.95 Å². The third kappa shape index (κ3) is 1.93. The van der Waals surface area contributed by atoms with E-state index >= 15 is 0 Å². The monoisotopic (exact) mass is 259 g/mol.